The van der Waals surface area contributed by atoms with Crippen molar-refractivity contribution in [3.8, 4) is 0 Å². The van der Waals surface area contributed by atoms with Gasteiger partial charge in [-0.2, -0.15) is 0 Å². The third-order valence-corrected chi connectivity index (χ3v) is 5.44. The summed E-state index contributed by atoms with van der Waals surface area (Å²) in [6, 6.07) is 14.0. The average Bonchev–Trinajstić information content (AvgIpc) is 2.95. The molecule has 0 radical (unpaired) electrons. The van der Waals surface area contributed by atoms with Crippen LogP contribution in [0.4, 0.5) is 0 Å². The summed E-state index contributed by atoms with van der Waals surface area (Å²) in [5, 5.41) is 3.44. The van der Waals surface area contributed by atoms with E-state index in [2.05, 4.69) is 10.3 Å². The first-order valence-corrected chi connectivity index (χ1v) is 10.1. The maximum atomic E-state index is 13.4. The van der Waals surface area contributed by atoms with Gasteiger partial charge in [0.2, 0.25) is 0 Å². The fourth-order valence-electron chi connectivity index (χ4n) is 3.32. The van der Waals surface area contributed by atoms with E-state index in [0.29, 0.717) is 6.54 Å². The highest BCUT2D eigenvalue weighted by molar-refractivity contribution is 7.98. The van der Waals surface area contributed by atoms with Crippen LogP contribution in [-0.2, 0) is 6.54 Å². The zero-order valence-corrected chi connectivity index (χ0v) is 15.5. The summed E-state index contributed by atoms with van der Waals surface area (Å²) >= 11 is 1.62. The van der Waals surface area contributed by atoms with Crippen molar-refractivity contribution in [2.75, 3.05) is 19.3 Å². The van der Waals surface area contributed by atoms with Gasteiger partial charge in [0.1, 0.15) is 0 Å². The Morgan fingerprint density at radius 1 is 1.20 bits per heavy atom. The molecule has 0 aliphatic carbocycles. The molecule has 1 amide bonds. The lowest BCUT2D eigenvalue weighted by Crippen LogP contribution is -2.40. The quantitative estimate of drug-likeness (QED) is 0.833. The van der Waals surface area contributed by atoms with Crippen molar-refractivity contribution < 1.29 is 4.79 Å². The maximum Gasteiger partial charge on any atom is 0.255 e. The summed E-state index contributed by atoms with van der Waals surface area (Å²) in [5.41, 5.74) is 1.73. The number of pyridine rings is 1. The molecule has 0 bridgehead atoms. The predicted molar refractivity (Wildman–Crippen MR) is 103 cm³/mol. The van der Waals surface area contributed by atoms with E-state index in [4.69, 9.17) is 0 Å². The Balaban J connectivity index is 1.90. The predicted octanol–water partition coefficient (Wildman–Crippen LogP) is 3.59. The summed E-state index contributed by atoms with van der Waals surface area (Å²) < 4.78 is 0. The Morgan fingerprint density at radius 2 is 2.04 bits per heavy atom. The van der Waals surface area contributed by atoms with Crippen molar-refractivity contribution in [2.45, 2.75) is 36.7 Å². The molecule has 132 valence electrons. The third-order valence-electron chi connectivity index (χ3n) is 4.64. The van der Waals surface area contributed by atoms with Crippen LogP contribution in [0, 0.1) is 0 Å². The fourth-order valence-corrected chi connectivity index (χ4v) is 3.91. The highest BCUT2D eigenvalue weighted by Gasteiger charge is 2.27. The molecule has 3 rings (SSSR count). The first-order chi connectivity index (χ1) is 12.3. The summed E-state index contributed by atoms with van der Waals surface area (Å²) in [6.07, 6.45) is 6.93. The number of thioether (sulfide) groups is 1. The molecule has 1 fully saturated rings. The topological polar surface area (TPSA) is 45.2 Å². The number of amides is 1. The van der Waals surface area contributed by atoms with Crippen LogP contribution in [0.1, 0.15) is 35.3 Å². The van der Waals surface area contributed by atoms with E-state index in [0.717, 1.165) is 48.5 Å². The van der Waals surface area contributed by atoms with E-state index in [9.17, 15) is 4.79 Å². The van der Waals surface area contributed by atoms with Crippen LogP contribution in [0.3, 0.4) is 0 Å². The molecule has 1 aliphatic heterocycles. The number of hydrogen-bond donors (Lipinski definition) is 1. The van der Waals surface area contributed by atoms with Crippen molar-refractivity contribution in [2.24, 2.45) is 0 Å². The van der Waals surface area contributed by atoms with E-state index in [-0.39, 0.29) is 11.9 Å². The van der Waals surface area contributed by atoms with Crippen molar-refractivity contribution in [1.82, 2.24) is 15.2 Å². The molecular formula is C20H25N3OS. The van der Waals surface area contributed by atoms with Gasteiger partial charge in [-0.05, 0) is 62.9 Å². The monoisotopic (exact) mass is 355 g/mol. The molecule has 1 aromatic heterocycles. The molecule has 0 spiro atoms. The van der Waals surface area contributed by atoms with Crippen molar-refractivity contribution in [3.63, 3.8) is 0 Å². The first kappa shape index (κ1) is 18.0. The van der Waals surface area contributed by atoms with Crippen LogP contribution in [0.5, 0.6) is 0 Å². The molecule has 1 unspecified atom stereocenters. The SMILES string of the molecule is CSc1ccccc1C(=O)N(Cc1ccccn1)C1CCCNCC1. The first-order valence-electron chi connectivity index (χ1n) is 8.84. The van der Waals surface area contributed by atoms with Crippen LogP contribution in [-0.4, -0.2) is 41.2 Å². The highest BCUT2D eigenvalue weighted by Crippen LogP contribution is 2.25. The van der Waals surface area contributed by atoms with Crippen LogP contribution in [0.2, 0.25) is 0 Å². The van der Waals surface area contributed by atoms with E-state index in [1.807, 2.05) is 53.6 Å². The van der Waals surface area contributed by atoms with Gasteiger partial charge in [-0.15, -0.1) is 11.8 Å². The zero-order chi connectivity index (χ0) is 17.5. The minimum absolute atomic E-state index is 0.113. The Kier molecular flexibility index (Phi) is 6.48. The number of rotatable bonds is 5. The Hall–Kier alpha value is -1.85. The largest absolute Gasteiger partial charge is 0.330 e. The molecule has 1 aliphatic rings. The smallest absolute Gasteiger partial charge is 0.255 e. The Morgan fingerprint density at radius 3 is 2.84 bits per heavy atom. The summed E-state index contributed by atoms with van der Waals surface area (Å²) in [6.45, 7) is 2.55. The standard InChI is InChI=1S/C20H25N3OS/c1-25-19-10-3-2-9-18(19)20(24)23(15-16-7-4-5-13-22-16)17-8-6-12-21-14-11-17/h2-5,7,9-10,13,17,21H,6,8,11-12,14-15H2,1H3. The maximum absolute atomic E-state index is 13.4. The summed E-state index contributed by atoms with van der Waals surface area (Å²) in [4.78, 5) is 20.9. The zero-order valence-electron chi connectivity index (χ0n) is 14.6. The average molecular weight is 356 g/mol. The van der Waals surface area contributed by atoms with Gasteiger partial charge in [0, 0.05) is 17.1 Å². The molecule has 1 N–H and O–H groups in total. The lowest BCUT2D eigenvalue weighted by molar-refractivity contribution is 0.0639. The van der Waals surface area contributed by atoms with Gasteiger partial charge >= 0.3 is 0 Å². The minimum atomic E-state index is 0.113. The van der Waals surface area contributed by atoms with Crippen LogP contribution >= 0.6 is 11.8 Å². The Labute approximate surface area is 154 Å². The number of hydrogen-bond acceptors (Lipinski definition) is 4. The van der Waals surface area contributed by atoms with Crippen LogP contribution in [0.25, 0.3) is 0 Å². The van der Waals surface area contributed by atoms with Gasteiger partial charge in [0.15, 0.2) is 0 Å². The van der Waals surface area contributed by atoms with Crippen LogP contribution in [0.15, 0.2) is 53.6 Å². The van der Waals surface area contributed by atoms with Crippen molar-refractivity contribution in [1.29, 1.82) is 0 Å². The number of nitrogens with zero attached hydrogens (tertiary/aromatic N) is 2. The molecule has 2 aromatic rings. The summed E-state index contributed by atoms with van der Waals surface area (Å²) in [7, 11) is 0. The van der Waals surface area contributed by atoms with Gasteiger partial charge in [0.25, 0.3) is 5.91 Å². The van der Waals surface area contributed by atoms with Gasteiger partial charge in [-0.3, -0.25) is 9.78 Å². The molecule has 0 saturated carbocycles. The number of carbonyl (C=O) groups is 1. The van der Waals surface area contributed by atoms with E-state index in [1.54, 1.807) is 18.0 Å². The molecule has 5 heteroatoms. The van der Waals surface area contributed by atoms with E-state index >= 15 is 0 Å². The molecule has 1 aromatic carbocycles. The van der Waals surface area contributed by atoms with E-state index < -0.39 is 0 Å². The number of aromatic nitrogens is 1. The second-order valence-electron chi connectivity index (χ2n) is 6.29. The molecule has 2 heterocycles. The highest BCUT2D eigenvalue weighted by atomic mass is 32.2. The molecular weight excluding hydrogens is 330 g/mol. The third kappa shape index (κ3) is 4.61. The van der Waals surface area contributed by atoms with Gasteiger partial charge in [-0.1, -0.05) is 18.2 Å². The van der Waals surface area contributed by atoms with Crippen molar-refractivity contribution in [3.05, 3.63) is 59.9 Å². The fraction of sp³-hybridized carbons (Fsp3) is 0.400. The van der Waals surface area contributed by atoms with Gasteiger partial charge in [-0.25, -0.2) is 0 Å². The minimum Gasteiger partial charge on any atom is -0.330 e. The molecule has 25 heavy (non-hydrogen) atoms. The van der Waals surface area contributed by atoms with Crippen LogP contribution < -0.4 is 5.32 Å². The number of benzene rings is 1. The Bertz CT molecular complexity index is 684. The number of nitrogens with one attached hydrogen (secondary N) is 1. The summed E-state index contributed by atoms with van der Waals surface area (Å²) in [5.74, 6) is 0.113. The lowest BCUT2D eigenvalue weighted by atomic mass is 10.0. The lowest BCUT2D eigenvalue weighted by Gasteiger charge is -2.31. The van der Waals surface area contributed by atoms with Gasteiger partial charge < -0.3 is 10.2 Å². The molecule has 1 atom stereocenters. The second-order valence-corrected chi connectivity index (χ2v) is 7.14. The van der Waals surface area contributed by atoms with Gasteiger partial charge in [0.05, 0.1) is 17.8 Å². The van der Waals surface area contributed by atoms with Crippen molar-refractivity contribution >= 4 is 17.7 Å². The molecule has 1 saturated heterocycles. The second kappa shape index (κ2) is 9.02. The number of carbonyl (C=O) groups excluding carboxylic acids is 1. The normalized spacial score (nSPS) is 17.7. The molecule has 4 nitrogen and oxygen atoms in total. The van der Waals surface area contributed by atoms with E-state index in [1.165, 1.54) is 0 Å².